The number of nitrogens with one attached hydrogen (secondary N) is 1. The molecule has 0 amide bonds. The van der Waals surface area contributed by atoms with Gasteiger partial charge in [0.25, 0.3) is 0 Å². The highest BCUT2D eigenvalue weighted by Crippen LogP contribution is 2.22. The van der Waals surface area contributed by atoms with Crippen molar-refractivity contribution in [1.82, 2.24) is 0 Å². The zero-order chi connectivity index (χ0) is 13.1. The third kappa shape index (κ3) is 3.27. The van der Waals surface area contributed by atoms with E-state index in [9.17, 15) is 0 Å². The quantitative estimate of drug-likeness (QED) is 0.804. The monoisotopic (exact) mass is 323 g/mol. The van der Waals surface area contributed by atoms with Gasteiger partial charge in [-0.2, -0.15) is 0 Å². The van der Waals surface area contributed by atoms with Crippen molar-refractivity contribution in [2.45, 2.75) is 20.4 Å². The van der Waals surface area contributed by atoms with Gasteiger partial charge in [-0.15, -0.1) is 0 Å². The average molecular weight is 325 g/mol. The van der Waals surface area contributed by atoms with Crippen molar-refractivity contribution in [2.24, 2.45) is 0 Å². The SMILES string of the molecule is Cc1cc(Cl)ccc1CNc1cc(Br)ccc1C. The first-order chi connectivity index (χ1) is 8.56. The lowest BCUT2D eigenvalue weighted by Crippen LogP contribution is -2.02. The molecule has 0 radical (unpaired) electrons. The fourth-order valence-corrected chi connectivity index (χ4v) is 2.42. The van der Waals surface area contributed by atoms with E-state index < -0.39 is 0 Å². The first-order valence-electron chi connectivity index (χ1n) is 5.81. The van der Waals surface area contributed by atoms with E-state index in [4.69, 9.17) is 11.6 Å². The largest absolute Gasteiger partial charge is 0.381 e. The highest BCUT2D eigenvalue weighted by molar-refractivity contribution is 9.10. The van der Waals surface area contributed by atoms with E-state index in [0.717, 1.165) is 21.7 Å². The fraction of sp³-hybridized carbons (Fsp3) is 0.200. The van der Waals surface area contributed by atoms with Crippen LogP contribution in [0, 0.1) is 13.8 Å². The highest BCUT2D eigenvalue weighted by atomic mass is 79.9. The van der Waals surface area contributed by atoms with Gasteiger partial charge in [-0.25, -0.2) is 0 Å². The average Bonchev–Trinajstić information content (AvgIpc) is 2.32. The number of aryl methyl sites for hydroxylation is 2. The molecule has 2 aromatic rings. The number of benzene rings is 2. The second kappa shape index (κ2) is 5.77. The number of hydrogen-bond donors (Lipinski definition) is 1. The molecule has 0 aliphatic heterocycles. The molecule has 0 aromatic heterocycles. The Kier molecular flexibility index (Phi) is 4.31. The van der Waals surface area contributed by atoms with Crippen LogP contribution in [0.5, 0.6) is 0 Å². The molecular formula is C15H15BrClN. The van der Waals surface area contributed by atoms with Gasteiger partial charge in [0.15, 0.2) is 0 Å². The predicted molar refractivity (Wildman–Crippen MR) is 82.4 cm³/mol. The number of hydrogen-bond acceptors (Lipinski definition) is 1. The van der Waals surface area contributed by atoms with E-state index in [1.54, 1.807) is 0 Å². The summed E-state index contributed by atoms with van der Waals surface area (Å²) in [6.07, 6.45) is 0. The van der Waals surface area contributed by atoms with Crippen LogP contribution >= 0.6 is 27.5 Å². The van der Waals surface area contributed by atoms with E-state index in [1.165, 1.54) is 16.7 Å². The summed E-state index contributed by atoms with van der Waals surface area (Å²) in [7, 11) is 0. The standard InChI is InChI=1S/C15H15BrClN/c1-10-3-5-13(16)8-15(10)18-9-12-4-6-14(17)7-11(12)2/h3-8,18H,9H2,1-2H3. The number of rotatable bonds is 3. The molecule has 0 heterocycles. The minimum atomic E-state index is 0.787. The van der Waals surface area contributed by atoms with Crippen LogP contribution in [0.25, 0.3) is 0 Å². The van der Waals surface area contributed by atoms with Gasteiger partial charge < -0.3 is 5.32 Å². The van der Waals surface area contributed by atoms with Gasteiger partial charge in [0.2, 0.25) is 0 Å². The van der Waals surface area contributed by atoms with Crippen molar-refractivity contribution in [2.75, 3.05) is 5.32 Å². The summed E-state index contributed by atoms with van der Waals surface area (Å²) in [6, 6.07) is 12.2. The van der Waals surface area contributed by atoms with E-state index in [2.05, 4.69) is 53.3 Å². The molecule has 0 atom stereocenters. The lowest BCUT2D eigenvalue weighted by atomic mass is 10.1. The maximum absolute atomic E-state index is 5.95. The van der Waals surface area contributed by atoms with Crippen molar-refractivity contribution < 1.29 is 0 Å². The Morgan fingerprint density at radius 1 is 1.06 bits per heavy atom. The maximum atomic E-state index is 5.95. The van der Waals surface area contributed by atoms with Crippen molar-refractivity contribution in [3.63, 3.8) is 0 Å². The first kappa shape index (κ1) is 13.4. The van der Waals surface area contributed by atoms with Crippen LogP contribution in [0.3, 0.4) is 0 Å². The minimum Gasteiger partial charge on any atom is -0.381 e. The zero-order valence-corrected chi connectivity index (χ0v) is 12.8. The van der Waals surface area contributed by atoms with Crippen molar-refractivity contribution in [1.29, 1.82) is 0 Å². The van der Waals surface area contributed by atoms with Crippen LogP contribution in [0.4, 0.5) is 5.69 Å². The predicted octanol–water partition coefficient (Wildman–Crippen LogP) is 5.33. The van der Waals surface area contributed by atoms with Crippen LogP contribution in [-0.4, -0.2) is 0 Å². The molecule has 3 heteroatoms. The van der Waals surface area contributed by atoms with Crippen LogP contribution in [0.2, 0.25) is 5.02 Å². The Balaban J connectivity index is 2.13. The van der Waals surface area contributed by atoms with E-state index in [0.29, 0.717) is 0 Å². The summed E-state index contributed by atoms with van der Waals surface area (Å²) >= 11 is 9.44. The summed E-state index contributed by atoms with van der Waals surface area (Å²) < 4.78 is 1.09. The lowest BCUT2D eigenvalue weighted by Gasteiger charge is -2.12. The molecule has 1 N–H and O–H groups in total. The topological polar surface area (TPSA) is 12.0 Å². The van der Waals surface area contributed by atoms with Gasteiger partial charge in [-0.05, 0) is 54.8 Å². The summed E-state index contributed by atoms with van der Waals surface area (Å²) in [5.74, 6) is 0. The van der Waals surface area contributed by atoms with Gasteiger partial charge in [-0.3, -0.25) is 0 Å². The molecular weight excluding hydrogens is 310 g/mol. The molecule has 2 rings (SSSR count). The molecule has 1 nitrogen and oxygen atoms in total. The second-order valence-electron chi connectivity index (χ2n) is 4.38. The molecule has 0 spiro atoms. The van der Waals surface area contributed by atoms with E-state index in [1.807, 2.05) is 18.2 Å². The highest BCUT2D eigenvalue weighted by Gasteiger charge is 2.02. The third-order valence-electron chi connectivity index (χ3n) is 2.97. The Labute approximate surface area is 121 Å². The van der Waals surface area contributed by atoms with Crippen molar-refractivity contribution in [3.05, 3.63) is 62.6 Å². The third-order valence-corrected chi connectivity index (χ3v) is 3.70. The van der Waals surface area contributed by atoms with Crippen molar-refractivity contribution >= 4 is 33.2 Å². The Morgan fingerprint density at radius 2 is 1.83 bits per heavy atom. The van der Waals surface area contributed by atoms with E-state index >= 15 is 0 Å². The molecule has 94 valence electrons. The lowest BCUT2D eigenvalue weighted by molar-refractivity contribution is 1.11. The summed E-state index contributed by atoms with van der Waals surface area (Å²) in [4.78, 5) is 0. The molecule has 0 aliphatic carbocycles. The van der Waals surface area contributed by atoms with E-state index in [-0.39, 0.29) is 0 Å². The first-order valence-corrected chi connectivity index (χ1v) is 6.98. The number of halogens is 2. The van der Waals surface area contributed by atoms with Crippen LogP contribution < -0.4 is 5.32 Å². The van der Waals surface area contributed by atoms with Crippen LogP contribution in [0.1, 0.15) is 16.7 Å². The summed E-state index contributed by atoms with van der Waals surface area (Å²) in [6.45, 7) is 4.99. The molecule has 0 saturated heterocycles. The molecule has 18 heavy (non-hydrogen) atoms. The van der Waals surface area contributed by atoms with Gasteiger partial charge in [0.1, 0.15) is 0 Å². The molecule has 2 aromatic carbocycles. The molecule has 0 bridgehead atoms. The normalized spacial score (nSPS) is 10.4. The fourth-order valence-electron chi connectivity index (χ4n) is 1.83. The van der Waals surface area contributed by atoms with Gasteiger partial charge >= 0.3 is 0 Å². The summed E-state index contributed by atoms with van der Waals surface area (Å²) in [5, 5.41) is 4.24. The van der Waals surface area contributed by atoms with Crippen LogP contribution in [0.15, 0.2) is 40.9 Å². The molecule has 0 unspecified atom stereocenters. The Hall–Kier alpha value is -0.990. The molecule has 0 fully saturated rings. The second-order valence-corrected chi connectivity index (χ2v) is 5.74. The summed E-state index contributed by atoms with van der Waals surface area (Å²) in [5.41, 5.74) is 4.87. The smallest absolute Gasteiger partial charge is 0.0408 e. The molecule has 0 aliphatic rings. The zero-order valence-electron chi connectivity index (χ0n) is 10.4. The van der Waals surface area contributed by atoms with Gasteiger partial charge in [0.05, 0.1) is 0 Å². The van der Waals surface area contributed by atoms with Gasteiger partial charge in [0, 0.05) is 21.7 Å². The van der Waals surface area contributed by atoms with Gasteiger partial charge in [-0.1, -0.05) is 39.7 Å². The molecule has 0 saturated carbocycles. The Bertz CT molecular complexity index is 566. The minimum absolute atomic E-state index is 0.787. The Morgan fingerprint density at radius 3 is 2.56 bits per heavy atom. The number of anilines is 1. The maximum Gasteiger partial charge on any atom is 0.0408 e. The van der Waals surface area contributed by atoms with Crippen molar-refractivity contribution in [3.8, 4) is 0 Å². The van der Waals surface area contributed by atoms with Crippen LogP contribution in [-0.2, 0) is 6.54 Å².